The van der Waals surface area contributed by atoms with Crippen molar-refractivity contribution < 1.29 is 9.90 Å². The highest BCUT2D eigenvalue weighted by Gasteiger charge is 2.15. The highest BCUT2D eigenvalue weighted by Crippen LogP contribution is 2.30. The Labute approximate surface area is 127 Å². The molecule has 3 nitrogen and oxygen atoms in total. The Morgan fingerprint density at radius 2 is 2.05 bits per heavy atom. The molecule has 0 radical (unpaired) electrons. The summed E-state index contributed by atoms with van der Waals surface area (Å²) in [7, 11) is 0. The number of nitrogens with one attached hydrogen (secondary N) is 1. The summed E-state index contributed by atoms with van der Waals surface area (Å²) in [4.78, 5) is 13.7. The lowest BCUT2D eigenvalue weighted by molar-refractivity contribution is 0.0698. The Hall–Kier alpha value is -1.52. The van der Waals surface area contributed by atoms with E-state index in [-0.39, 0.29) is 11.6 Å². The zero-order valence-electron chi connectivity index (χ0n) is 11.5. The van der Waals surface area contributed by atoms with Gasteiger partial charge in [-0.05, 0) is 50.6 Å². The van der Waals surface area contributed by atoms with E-state index in [1.165, 1.54) is 21.4 Å². The van der Waals surface area contributed by atoms with Gasteiger partial charge in [0.15, 0.2) is 0 Å². The third-order valence-corrected chi connectivity index (χ3v) is 4.35. The molecule has 0 saturated heterocycles. The van der Waals surface area contributed by atoms with Crippen molar-refractivity contribution in [3.05, 3.63) is 50.2 Å². The number of carboxylic acid groups (broad SMARTS) is 1. The Balaban J connectivity index is 2.32. The van der Waals surface area contributed by atoms with Gasteiger partial charge in [0.2, 0.25) is 0 Å². The van der Waals surface area contributed by atoms with Crippen LogP contribution >= 0.6 is 22.9 Å². The van der Waals surface area contributed by atoms with Gasteiger partial charge in [-0.3, -0.25) is 0 Å². The maximum absolute atomic E-state index is 11.2. The molecule has 0 spiro atoms. The van der Waals surface area contributed by atoms with Gasteiger partial charge in [-0.1, -0.05) is 11.6 Å². The highest BCUT2D eigenvalue weighted by molar-refractivity contribution is 7.12. The molecule has 0 amide bonds. The summed E-state index contributed by atoms with van der Waals surface area (Å²) < 4.78 is 0. The maximum Gasteiger partial charge on any atom is 0.337 e. The first kappa shape index (κ1) is 14.9. The summed E-state index contributed by atoms with van der Waals surface area (Å²) >= 11 is 7.69. The lowest BCUT2D eigenvalue weighted by Gasteiger charge is -2.17. The number of hydrogen-bond donors (Lipinski definition) is 2. The topological polar surface area (TPSA) is 49.3 Å². The number of thiophene rings is 1. The van der Waals surface area contributed by atoms with Gasteiger partial charge in [-0.2, -0.15) is 0 Å². The second-order valence-electron chi connectivity index (χ2n) is 4.73. The van der Waals surface area contributed by atoms with Gasteiger partial charge in [0.1, 0.15) is 0 Å². The molecule has 1 atom stereocenters. The first-order valence-corrected chi connectivity index (χ1v) is 7.44. The zero-order chi connectivity index (χ0) is 14.9. The van der Waals surface area contributed by atoms with E-state index in [0.717, 1.165) is 0 Å². The largest absolute Gasteiger partial charge is 0.478 e. The average Bonchev–Trinajstić information content (AvgIpc) is 2.68. The maximum atomic E-state index is 11.2. The molecule has 0 fully saturated rings. The fourth-order valence-corrected chi connectivity index (χ4v) is 3.41. The predicted molar refractivity (Wildman–Crippen MR) is 84.2 cm³/mol. The number of anilines is 1. The quantitative estimate of drug-likeness (QED) is 0.845. The molecule has 0 aliphatic heterocycles. The number of aromatic carboxylic acids is 1. The van der Waals surface area contributed by atoms with Gasteiger partial charge in [-0.25, -0.2) is 4.79 Å². The number of carboxylic acids is 1. The fraction of sp³-hybridized carbons (Fsp3) is 0.267. The first-order valence-electron chi connectivity index (χ1n) is 6.25. The molecule has 20 heavy (non-hydrogen) atoms. The monoisotopic (exact) mass is 309 g/mol. The number of aryl methyl sites for hydroxylation is 2. The molecule has 0 bridgehead atoms. The number of halogens is 1. The van der Waals surface area contributed by atoms with Gasteiger partial charge < -0.3 is 10.4 Å². The Morgan fingerprint density at radius 3 is 2.60 bits per heavy atom. The molecule has 1 heterocycles. The van der Waals surface area contributed by atoms with E-state index in [1.54, 1.807) is 23.5 Å². The van der Waals surface area contributed by atoms with Crippen molar-refractivity contribution in [1.29, 1.82) is 0 Å². The van der Waals surface area contributed by atoms with Crippen LogP contribution in [-0.4, -0.2) is 11.1 Å². The minimum Gasteiger partial charge on any atom is -0.478 e. The van der Waals surface area contributed by atoms with Crippen molar-refractivity contribution in [1.82, 2.24) is 0 Å². The highest BCUT2D eigenvalue weighted by atomic mass is 35.5. The van der Waals surface area contributed by atoms with Crippen LogP contribution in [0.3, 0.4) is 0 Å². The van der Waals surface area contributed by atoms with Crippen LogP contribution in [0.5, 0.6) is 0 Å². The molecule has 2 rings (SSSR count). The van der Waals surface area contributed by atoms with Crippen LogP contribution in [-0.2, 0) is 0 Å². The van der Waals surface area contributed by atoms with Crippen molar-refractivity contribution in [2.24, 2.45) is 0 Å². The first-order chi connectivity index (χ1) is 9.38. The second-order valence-corrected chi connectivity index (χ2v) is 6.63. The van der Waals surface area contributed by atoms with E-state index in [0.29, 0.717) is 10.7 Å². The molecule has 0 aliphatic carbocycles. The molecule has 1 aromatic heterocycles. The van der Waals surface area contributed by atoms with E-state index in [4.69, 9.17) is 11.6 Å². The Morgan fingerprint density at radius 1 is 1.35 bits per heavy atom. The smallest absolute Gasteiger partial charge is 0.337 e. The summed E-state index contributed by atoms with van der Waals surface area (Å²) in [6, 6.07) is 6.90. The van der Waals surface area contributed by atoms with E-state index in [2.05, 4.69) is 25.2 Å². The summed E-state index contributed by atoms with van der Waals surface area (Å²) in [5, 5.41) is 13.0. The van der Waals surface area contributed by atoms with Gasteiger partial charge in [0.05, 0.1) is 11.3 Å². The summed E-state index contributed by atoms with van der Waals surface area (Å²) in [5.74, 6) is -0.963. The molecule has 0 aliphatic rings. The van der Waals surface area contributed by atoms with Crippen molar-refractivity contribution >= 4 is 34.6 Å². The number of rotatable bonds is 4. The molecule has 1 unspecified atom stereocenters. The Bertz CT molecular complexity index is 651. The van der Waals surface area contributed by atoms with E-state index < -0.39 is 5.97 Å². The summed E-state index contributed by atoms with van der Waals surface area (Å²) in [5.41, 5.74) is 1.95. The molecule has 1 aromatic carbocycles. The van der Waals surface area contributed by atoms with E-state index >= 15 is 0 Å². The molecular formula is C15H16ClNO2S. The minimum atomic E-state index is -0.963. The number of benzene rings is 1. The predicted octanol–water partition coefficient (Wildman–Crippen LogP) is 4.89. The zero-order valence-corrected chi connectivity index (χ0v) is 13.1. The molecule has 0 saturated carbocycles. The van der Waals surface area contributed by atoms with Crippen LogP contribution < -0.4 is 5.32 Å². The molecule has 2 N–H and O–H groups in total. The number of hydrogen-bond acceptors (Lipinski definition) is 3. The average molecular weight is 310 g/mol. The lowest BCUT2D eigenvalue weighted by Crippen LogP contribution is -2.10. The van der Waals surface area contributed by atoms with Crippen molar-refractivity contribution in [3.63, 3.8) is 0 Å². The van der Waals surface area contributed by atoms with Crippen LogP contribution in [0.4, 0.5) is 5.69 Å². The van der Waals surface area contributed by atoms with Gasteiger partial charge in [0, 0.05) is 20.8 Å². The lowest BCUT2D eigenvalue weighted by atomic mass is 10.1. The van der Waals surface area contributed by atoms with E-state index in [1.807, 2.05) is 6.92 Å². The molecule has 5 heteroatoms. The molecule has 106 valence electrons. The number of carbonyl (C=O) groups is 1. The van der Waals surface area contributed by atoms with Gasteiger partial charge in [-0.15, -0.1) is 11.3 Å². The minimum absolute atomic E-state index is 0.0246. The summed E-state index contributed by atoms with van der Waals surface area (Å²) in [6.45, 7) is 6.15. The van der Waals surface area contributed by atoms with Crippen LogP contribution in [0.25, 0.3) is 0 Å². The fourth-order valence-electron chi connectivity index (χ4n) is 2.21. The normalized spacial score (nSPS) is 12.2. The third kappa shape index (κ3) is 3.14. The summed E-state index contributed by atoms with van der Waals surface area (Å²) in [6.07, 6.45) is 0. The van der Waals surface area contributed by atoms with Crippen LogP contribution in [0.2, 0.25) is 5.02 Å². The van der Waals surface area contributed by atoms with E-state index in [9.17, 15) is 9.90 Å². The van der Waals surface area contributed by atoms with Crippen molar-refractivity contribution in [3.8, 4) is 0 Å². The van der Waals surface area contributed by atoms with Gasteiger partial charge >= 0.3 is 5.97 Å². The van der Waals surface area contributed by atoms with Crippen molar-refractivity contribution in [2.45, 2.75) is 26.8 Å². The van der Waals surface area contributed by atoms with Crippen LogP contribution in [0, 0.1) is 13.8 Å². The van der Waals surface area contributed by atoms with Crippen molar-refractivity contribution in [2.75, 3.05) is 5.32 Å². The van der Waals surface area contributed by atoms with Crippen LogP contribution in [0.1, 0.15) is 38.6 Å². The SMILES string of the molecule is Cc1cc(C(C)Nc2cc(Cl)ccc2C(=O)O)c(C)s1. The van der Waals surface area contributed by atoms with Gasteiger partial charge in [0.25, 0.3) is 0 Å². The standard InChI is InChI=1S/C15H16ClNO2S/c1-8-6-13(10(3)20-8)9(2)17-14-7-11(16)4-5-12(14)15(18)19/h4-7,9,17H,1-3H3,(H,18,19). The second kappa shape index (κ2) is 5.85. The Kier molecular flexibility index (Phi) is 4.35. The third-order valence-electron chi connectivity index (χ3n) is 3.13. The molecule has 2 aromatic rings. The molecular weight excluding hydrogens is 294 g/mol. The van der Waals surface area contributed by atoms with Crippen LogP contribution in [0.15, 0.2) is 24.3 Å².